The molecule has 0 aliphatic carbocycles. The second-order valence-corrected chi connectivity index (χ2v) is 0. The fraction of sp³-hybridized carbons (Fsp3) is 0. The van der Waals surface area contributed by atoms with Crippen LogP contribution in [0.2, 0.25) is 0 Å². The van der Waals surface area contributed by atoms with E-state index in [1.807, 2.05) is 0 Å². The third-order valence-electron chi connectivity index (χ3n) is 0. The van der Waals surface area contributed by atoms with Gasteiger partial charge in [0.2, 0.25) is 0 Å². The van der Waals surface area contributed by atoms with E-state index in [0.717, 1.165) is 0 Å². The van der Waals surface area contributed by atoms with Gasteiger partial charge >= 0.3 is 0 Å². The summed E-state index contributed by atoms with van der Waals surface area (Å²) in [5, 5.41) is 0. The minimum Gasteiger partial charge on any atom is -0.693 e. The van der Waals surface area contributed by atoms with Gasteiger partial charge in [-0.05, 0) is 0 Å². The van der Waals surface area contributed by atoms with Gasteiger partial charge in [0.1, 0.15) is 0 Å². The van der Waals surface area contributed by atoms with Gasteiger partial charge in [-0.2, -0.15) is 0 Å². The summed E-state index contributed by atoms with van der Waals surface area (Å²) in [7, 11) is 0. The Morgan fingerprint density at radius 3 is 0.750 bits per heavy atom. The standard InChI is InChI=1S/2ClH.H2N.Zr/h2*1H;1H2;/q;;-1;. The summed E-state index contributed by atoms with van der Waals surface area (Å²) in [4.78, 5) is 0. The molecule has 0 amide bonds. The number of hydrogen-bond donors (Lipinski definition) is 0. The van der Waals surface area contributed by atoms with E-state index >= 15 is 0 Å². The van der Waals surface area contributed by atoms with Gasteiger partial charge in [0, 0.05) is 26.2 Å². The molecule has 0 saturated heterocycles. The van der Waals surface area contributed by atoms with Crippen molar-refractivity contribution in [2.24, 2.45) is 0 Å². The number of halogens is 2. The Bertz CT molecular complexity index is 6.00. The average Bonchev–Trinajstić information content (AvgIpc) is 0. The maximum Gasteiger partial charge on any atom is 0 e. The zero-order chi connectivity index (χ0) is 0. The number of rotatable bonds is 0. The monoisotopic (exact) mass is 178 g/mol. The van der Waals surface area contributed by atoms with Crippen LogP contribution in [0.3, 0.4) is 0 Å². The van der Waals surface area contributed by atoms with Crippen LogP contribution >= 0.6 is 24.8 Å². The molecule has 0 aromatic carbocycles. The first-order valence-electron chi connectivity index (χ1n) is 0. The molecule has 0 heterocycles. The fourth-order valence-electron chi connectivity index (χ4n) is 0. The van der Waals surface area contributed by atoms with Gasteiger partial charge in [0.25, 0.3) is 0 Å². The molecule has 4 heavy (non-hydrogen) atoms. The van der Waals surface area contributed by atoms with Crippen molar-refractivity contribution in [1.82, 2.24) is 0 Å². The predicted molar refractivity (Wildman–Crippen MR) is 19.8 cm³/mol. The smallest absolute Gasteiger partial charge is 0 e. The van der Waals surface area contributed by atoms with Crippen LogP contribution in [-0.4, -0.2) is 0 Å². The van der Waals surface area contributed by atoms with Gasteiger partial charge in [-0.15, -0.1) is 24.8 Å². The van der Waals surface area contributed by atoms with Crippen molar-refractivity contribution in [1.29, 1.82) is 0 Å². The zero-order valence-electron chi connectivity index (χ0n) is 1.89. The molecule has 0 aliphatic heterocycles. The van der Waals surface area contributed by atoms with E-state index in [9.17, 15) is 0 Å². The van der Waals surface area contributed by atoms with Gasteiger partial charge in [0.05, 0.1) is 0 Å². The molecule has 0 saturated carbocycles. The van der Waals surface area contributed by atoms with Crippen LogP contribution in [0.15, 0.2) is 0 Å². The van der Waals surface area contributed by atoms with E-state index in [1.54, 1.807) is 0 Å². The largest absolute Gasteiger partial charge is 0.693 e. The van der Waals surface area contributed by atoms with E-state index in [4.69, 9.17) is 0 Å². The van der Waals surface area contributed by atoms with Crippen molar-refractivity contribution >= 4 is 24.8 Å². The Hall–Kier alpha value is 1.42. The maximum atomic E-state index is 0. The summed E-state index contributed by atoms with van der Waals surface area (Å²) >= 11 is 0. The summed E-state index contributed by atoms with van der Waals surface area (Å²) in [6.07, 6.45) is 0. The molecule has 0 aliphatic rings. The molecule has 0 aromatic rings. The SMILES string of the molecule is Cl.Cl.[NH2-].[Zr]. The zero-order valence-corrected chi connectivity index (χ0v) is 5.98. The summed E-state index contributed by atoms with van der Waals surface area (Å²) < 4.78 is 0. The van der Waals surface area contributed by atoms with Crippen LogP contribution in [0, 0.1) is 0 Å². The van der Waals surface area contributed by atoms with Crippen LogP contribution in [0.4, 0.5) is 0 Å². The van der Waals surface area contributed by atoms with Crippen molar-refractivity contribution in [2.75, 3.05) is 0 Å². The molecule has 0 rings (SSSR count). The number of nitrogens with two attached hydrogens (primary N) is 1. The van der Waals surface area contributed by atoms with Gasteiger partial charge < -0.3 is 6.15 Å². The van der Waals surface area contributed by atoms with E-state index in [0.29, 0.717) is 0 Å². The van der Waals surface area contributed by atoms with E-state index < -0.39 is 0 Å². The molecule has 0 radical (unpaired) electrons. The quantitative estimate of drug-likeness (QED) is 0.542. The van der Waals surface area contributed by atoms with Gasteiger partial charge in [-0.3, -0.25) is 0 Å². The number of hydrogen-bond acceptors (Lipinski definition) is 0. The Morgan fingerprint density at radius 2 is 0.750 bits per heavy atom. The van der Waals surface area contributed by atoms with Gasteiger partial charge in [-0.25, -0.2) is 0 Å². The molecular weight excluding hydrogens is 176 g/mol. The summed E-state index contributed by atoms with van der Waals surface area (Å²) in [5.41, 5.74) is 0. The summed E-state index contributed by atoms with van der Waals surface area (Å²) in [5.74, 6) is 0. The normalized spacial score (nSPS) is 0. The molecule has 0 bridgehead atoms. The van der Waals surface area contributed by atoms with E-state index in [2.05, 4.69) is 0 Å². The van der Waals surface area contributed by atoms with Crippen molar-refractivity contribution < 1.29 is 26.2 Å². The molecule has 0 aromatic heterocycles. The second-order valence-electron chi connectivity index (χ2n) is 0. The minimum absolute atomic E-state index is 0. The van der Waals surface area contributed by atoms with Crippen molar-refractivity contribution in [2.45, 2.75) is 0 Å². The third kappa shape index (κ3) is 9.92. The Balaban J connectivity index is 0. The molecule has 0 atom stereocenters. The Morgan fingerprint density at radius 1 is 0.750 bits per heavy atom. The molecule has 0 spiro atoms. The fourth-order valence-corrected chi connectivity index (χ4v) is 0. The van der Waals surface area contributed by atoms with E-state index in [1.165, 1.54) is 0 Å². The minimum atomic E-state index is 0. The molecule has 4 heteroatoms. The van der Waals surface area contributed by atoms with Crippen LogP contribution in [0.25, 0.3) is 6.15 Å². The van der Waals surface area contributed by atoms with Crippen LogP contribution in [-0.2, 0) is 26.2 Å². The van der Waals surface area contributed by atoms with Gasteiger partial charge in [0.15, 0.2) is 0 Å². The van der Waals surface area contributed by atoms with Crippen LogP contribution in [0.5, 0.6) is 0 Å². The van der Waals surface area contributed by atoms with Gasteiger partial charge in [-0.1, -0.05) is 0 Å². The molecular formula is H4Cl2NZr-. The van der Waals surface area contributed by atoms with Crippen LogP contribution in [0.1, 0.15) is 0 Å². The molecule has 0 unspecified atom stereocenters. The van der Waals surface area contributed by atoms with Crippen molar-refractivity contribution in [3.05, 3.63) is 6.15 Å². The first-order valence-corrected chi connectivity index (χ1v) is 0. The molecule has 28 valence electrons. The van der Waals surface area contributed by atoms with Crippen molar-refractivity contribution in [3.8, 4) is 0 Å². The Kier molecular flexibility index (Phi) is 335. The summed E-state index contributed by atoms with van der Waals surface area (Å²) in [6, 6.07) is 0. The maximum absolute atomic E-state index is 0. The second kappa shape index (κ2) is 25.6. The summed E-state index contributed by atoms with van der Waals surface area (Å²) in [6.45, 7) is 0. The third-order valence-corrected chi connectivity index (χ3v) is 0. The van der Waals surface area contributed by atoms with Crippen molar-refractivity contribution in [3.63, 3.8) is 0 Å². The topological polar surface area (TPSA) is 33.5 Å². The predicted octanol–water partition coefficient (Wildman–Crippen LogP) is 1.56. The molecule has 1 nitrogen and oxygen atoms in total. The molecule has 0 fully saturated rings. The first kappa shape index (κ1) is 52.4. The Labute approximate surface area is 57.1 Å². The average molecular weight is 180 g/mol. The molecule has 2 N–H and O–H groups in total. The van der Waals surface area contributed by atoms with E-state index in [-0.39, 0.29) is 57.2 Å². The first-order chi connectivity index (χ1) is 0. The van der Waals surface area contributed by atoms with Crippen LogP contribution < -0.4 is 0 Å².